The first-order valence-corrected chi connectivity index (χ1v) is 19.6. The highest BCUT2D eigenvalue weighted by Gasteiger charge is 2.67. The number of carbonyl (C=O) groups is 1. The van der Waals surface area contributed by atoms with Crippen molar-refractivity contribution < 1.29 is 48.9 Å². The fourth-order valence-electron chi connectivity index (χ4n) is 7.71. The third-order valence-corrected chi connectivity index (χ3v) is 10.9. The lowest BCUT2D eigenvalue weighted by Crippen LogP contribution is -2.38. The Balaban J connectivity index is 1.33. The third kappa shape index (κ3) is 7.33. The molecule has 2 aliphatic rings. The number of nitrogens with zero attached hydrogens (tertiary/aromatic N) is 7. The van der Waals surface area contributed by atoms with Gasteiger partial charge in [-0.1, -0.05) is 17.7 Å². The lowest BCUT2D eigenvalue weighted by Gasteiger charge is -2.24. The molecule has 12 nitrogen and oxygen atoms in total. The first-order valence-electron chi connectivity index (χ1n) is 17.7. The number of alkyl halides is 7. The Labute approximate surface area is 339 Å². The molecule has 8 rings (SSSR count). The van der Waals surface area contributed by atoms with Gasteiger partial charge >= 0.3 is 6.18 Å². The molecule has 4 aromatic heterocycles. The maximum atomic E-state index is 15.4. The minimum atomic E-state index is -4.93. The number of hydrogen-bond donors (Lipinski definition) is 2. The molecule has 1 fully saturated rings. The fraction of sp³-hybridized carbons (Fsp3) is 0.297. The second kappa shape index (κ2) is 14.8. The molecule has 0 aliphatic heterocycles. The van der Waals surface area contributed by atoms with Crippen LogP contribution in [0.2, 0.25) is 5.02 Å². The van der Waals surface area contributed by atoms with E-state index in [9.17, 15) is 44.9 Å². The first kappa shape index (κ1) is 41.1. The van der Waals surface area contributed by atoms with Crippen LogP contribution in [0.15, 0.2) is 59.4 Å². The molecule has 2 N–H and O–H groups in total. The summed E-state index contributed by atoms with van der Waals surface area (Å²) in [5, 5.41) is 10.7. The van der Waals surface area contributed by atoms with Gasteiger partial charge in [0.05, 0.1) is 50.4 Å². The van der Waals surface area contributed by atoms with Crippen LogP contribution in [0.3, 0.4) is 0 Å². The largest absolute Gasteiger partial charge is 0.593 e. The van der Waals surface area contributed by atoms with Gasteiger partial charge in [0.1, 0.15) is 47.3 Å². The van der Waals surface area contributed by atoms with Crippen molar-refractivity contribution in [2.45, 2.75) is 49.9 Å². The molecular weight excluding hydrogens is 857 g/mol. The topological polar surface area (TPSA) is 148 Å². The maximum absolute atomic E-state index is 15.4. The number of anilines is 1. The lowest BCUT2D eigenvalue weighted by atomic mass is 10.0. The number of pyridine rings is 1. The van der Waals surface area contributed by atoms with Crippen molar-refractivity contribution in [2.24, 2.45) is 13.0 Å². The Kier molecular flexibility index (Phi) is 10.2. The van der Waals surface area contributed by atoms with E-state index in [1.54, 1.807) is 0 Å². The van der Waals surface area contributed by atoms with Gasteiger partial charge in [0.2, 0.25) is 11.7 Å². The maximum Gasteiger partial charge on any atom is 0.433 e. The van der Waals surface area contributed by atoms with E-state index in [2.05, 4.69) is 30.2 Å². The number of halogens is 10. The van der Waals surface area contributed by atoms with Crippen LogP contribution >= 0.6 is 11.6 Å². The summed E-state index contributed by atoms with van der Waals surface area (Å²) in [7, 11) is 1.44. The van der Waals surface area contributed by atoms with Crippen LogP contribution in [0.25, 0.3) is 28.0 Å². The molecule has 23 heteroatoms. The van der Waals surface area contributed by atoms with Crippen LogP contribution in [0.1, 0.15) is 58.8 Å². The molecule has 4 unspecified atom stereocenters. The van der Waals surface area contributed by atoms with E-state index < -0.39 is 118 Å². The van der Waals surface area contributed by atoms with Crippen molar-refractivity contribution in [1.82, 2.24) is 39.4 Å². The van der Waals surface area contributed by atoms with E-state index in [0.29, 0.717) is 16.8 Å². The SMILES string of the molecule is Cn1nc(N[S+](C)[O-])c2c(Cl)ccc(-n3c(C(Cc4cc(F)cc(F)c4)NC(=O)Cn4nc(C(F)F)c5c4C(F)(F)C4CC54)nc(-c4cccc(C(F)(F)F)n4)cc3=O)c21. The second-order valence-electron chi connectivity index (χ2n) is 14.2. The van der Waals surface area contributed by atoms with Crippen LogP contribution in [-0.4, -0.2) is 50.8 Å². The number of fused-ring (bicyclic) bond motifs is 4. The number of aryl methyl sites for hydroxylation is 1. The molecule has 314 valence electrons. The summed E-state index contributed by atoms with van der Waals surface area (Å²) < 4.78 is 147. The van der Waals surface area contributed by atoms with Crippen LogP contribution in [0, 0.1) is 17.6 Å². The molecule has 60 heavy (non-hydrogen) atoms. The summed E-state index contributed by atoms with van der Waals surface area (Å²) >= 11 is 4.88. The standard InChI is InChI=1S/C37H27ClF9N9O3S/c1-54-31-24(7-6-20(38)29(31)34(52-54)53-60(2)59)56-27(58)13-22(21-4-3-5-25(48-21)37(45,46)47)50-35(56)23(10-15-8-16(39)11-17(40)9-15)49-26(57)14-55-32-28(30(51-55)33(41)42)18-12-19(18)36(32,43)44/h3-9,11,13,18-19,23,33H,10,12,14H2,1-2H3,(H,49,57)(H,52,53). The van der Waals surface area contributed by atoms with Gasteiger partial charge < -0.3 is 9.87 Å². The van der Waals surface area contributed by atoms with E-state index in [1.807, 2.05) is 0 Å². The van der Waals surface area contributed by atoms with E-state index in [-0.39, 0.29) is 45.0 Å². The van der Waals surface area contributed by atoms with Crippen LogP contribution in [0.4, 0.5) is 45.3 Å². The monoisotopic (exact) mass is 883 g/mol. The van der Waals surface area contributed by atoms with E-state index >= 15 is 8.78 Å². The molecule has 2 aromatic carbocycles. The zero-order valence-corrected chi connectivity index (χ0v) is 32.2. The van der Waals surface area contributed by atoms with E-state index in [0.717, 1.165) is 34.9 Å². The number of benzene rings is 2. The predicted molar refractivity (Wildman–Crippen MR) is 198 cm³/mol. The third-order valence-electron chi connectivity index (χ3n) is 10.1. The van der Waals surface area contributed by atoms with Gasteiger partial charge in [0.25, 0.3) is 17.9 Å². The van der Waals surface area contributed by atoms with Crippen molar-refractivity contribution >= 4 is 45.6 Å². The predicted octanol–water partition coefficient (Wildman–Crippen LogP) is 7.28. The molecule has 6 aromatic rings. The number of amides is 1. The van der Waals surface area contributed by atoms with E-state index in [4.69, 9.17) is 11.6 Å². The average molecular weight is 884 g/mol. The Morgan fingerprint density at radius 2 is 1.77 bits per heavy atom. The summed E-state index contributed by atoms with van der Waals surface area (Å²) in [6, 6.07) is 6.94. The Bertz CT molecular complexity index is 2750. The molecule has 0 bridgehead atoms. The minimum absolute atomic E-state index is 0.0111. The van der Waals surface area contributed by atoms with E-state index in [1.165, 1.54) is 30.1 Å². The number of aromatic nitrogens is 7. The van der Waals surface area contributed by atoms with Crippen LogP contribution < -0.4 is 15.6 Å². The van der Waals surface area contributed by atoms with Gasteiger partial charge in [-0.3, -0.25) is 23.5 Å². The van der Waals surface area contributed by atoms with Crippen molar-refractivity contribution in [3.63, 3.8) is 0 Å². The molecule has 2 aliphatic carbocycles. The number of rotatable bonds is 11. The summed E-state index contributed by atoms with van der Waals surface area (Å²) in [5.41, 5.74) is -5.48. The Morgan fingerprint density at radius 1 is 1.05 bits per heavy atom. The molecule has 0 saturated heterocycles. The van der Waals surface area contributed by atoms with Gasteiger partial charge in [-0.25, -0.2) is 27.5 Å². The average Bonchev–Trinajstić information content (AvgIpc) is 3.69. The lowest BCUT2D eigenvalue weighted by molar-refractivity contribution is -0.141. The van der Waals surface area contributed by atoms with Gasteiger partial charge in [0.15, 0.2) is 0 Å². The van der Waals surface area contributed by atoms with Gasteiger partial charge in [-0.15, -0.1) is 5.10 Å². The zero-order valence-electron chi connectivity index (χ0n) is 30.7. The van der Waals surface area contributed by atoms with Crippen molar-refractivity contribution in [2.75, 3.05) is 11.0 Å². The number of carbonyl (C=O) groups excluding carboxylic acids is 1. The zero-order chi connectivity index (χ0) is 43.2. The molecule has 1 saturated carbocycles. The summed E-state index contributed by atoms with van der Waals surface area (Å²) in [6.07, 6.45) is -7.52. The molecule has 1 amide bonds. The number of nitrogens with one attached hydrogen (secondary N) is 2. The highest BCUT2D eigenvalue weighted by molar-refractivity contribution is 7.92. The Morgan fingerprint density at radius 3 is 2.43 bits per heavy atom. The van der Waals surface area contributed by atoms with Crippen LogP contribution in [0.5, 0.6) is 0 Å². The second-order valence-corrected chi connectivity index (χ2v) is 15.7. The van der Waals surface area contributed by atoms with Gasteiger partial charge in [-0.2, -0.15) is 31.8 Å². The quantitative estimate of drug-likeness (QED) is 0.102. The summed E-state index contributed by atoms with van der Waals surface area (Å²) in [5.74, 6) is -9.50. The molecule has 0 spiro atoms. The smallest absolute Gasteiger partial charge is 0.433 e. The first-order chi connectivity index (χ1) is 28.2. The van der Waals surface area contributed by atoms with Crippen molar-refractivity contribution in [1.29, 1.82) is 0 Å². The molecule has 4 heterocycles. The Hall–Kier alpha value is -5.61. The fourth-order valence-corrected chi connectivity index (χ4v) is 8.37. The van der Waals surface area contributed by atoms with Crippen LogP contribution in [-0.2, 0) is 48.3 Å². The summed E-state index contributed by atoms with van der Waals surface area (Å²) in [6.45, 7) is -1.08. The number of hydrogen-bond acceptors (Lipinski definition) is 8. The molecule has 4 atom stereocenters. The molecular formula is C37H27ClF9N9O3S. The molecule has 0 radical (unpaired) electrons. The summed E-state index contributed by atoms with van der Waals surface area (Å²) in [4.78, 5) is 36.6. The highest BCUT2D eigenvalue weighted by atomic mass is 35.5. The van der Waals surface area contributed by atoms with Gasteiger partial charge in [0, 0.05) is 37.1 Å². The van der Waals surface area contributed by atoms with Crippen molar-refractivity contribution in [3.8, 4) is 17.1 Å². The minimum Gasteiger partial charge on any atom is -0.593 e. The normalized spacial score (nSPS) is 17.8. The van der Waals surface area contributed by atoms with Crippen molar-refractivity contribution in [3.05, 3.63) is 116 Å². The van der Waals surface area contributed by atoms with Gasteiger partial charge in [-0.05, 0) is 54.3 Å². The highest BCUT2D eigenvalue weighted by Crippen LogP contribution is 2.68.